The third-order valence-electron chi connectivity index (χ3n) is 6.97. The van der Waals surface area contributed by atoms with Crippen molar-refractivity contribution >= 4 is 22.7 Å². The molecule has 2 aliphatic rings. The van der Waals surface area contributed by atoms with Gasteiger partial charge in [-0.3, -0.25) is 0 Å². The number of nitrogens with one attached hydrogen (secondary N) is 2. The maximum atomic E-state index is 12.6. The summed E-state index contributed by atoms with van der Waals surface area (Å²) in [5.41, 5.74) is 1.77. The van der Waals surface area contributed by atoms with Crippen molar-refractivity contribution in [1.82, 2.24) is 15.0 Å². The molecule has 0 aromatic carbocycles. The molecule has 0 amide bonds. The minimum Gasteiger partial charge on any atom is -0.468 e. The summed E-state index contributed by atoms with van der Waals surface area (Å²) in [4.78, 5) is 13.3. The highest BCUT2D eigenvalue weighted by atomic mass is 19.4. The molecule has 206 valence electrons. The maximum absolute atomic E-state index is 12.6. The number of ether oxygens (including phenoxy) is 1. The second kappa shape index (κ2) is 10.2. The van der Waals surface area contributed by atoms with E-state index in [1.807, 2.05) is 0 Å². The monoisotopic (exact) mass is 537 g/mol. The summed E-state index contributed by atoms with van der Waals surface area (Å²) in [6.07, 6.45) is -4.12. The normalized spacial score (nSPS) is 23.7. The van der Waals surface area contributed by atoms with Crippen molar-refractivity contribution in [3.8, 4) is 17.2 Å². The molecule has 0 spiro atoms. The van der Waals surface area contributed by atoms with Crippen LogP contribution in [0.3, 0.4) is 0 Å². The summed E-state index contributed by atoms with van der Waals surface area (Å²) >= 11 is 0. The van der Waals surface area contributed by atoms with E-state index in [2.05, 4.69) is 25.6 Å². The minimum absolute atomic E-state index is 0.177. The van der Waals surface area contributed by atoms with Crippen molar-refractivity contribution in [3.05, 3.63) is 23.5 Å². The van der Waals surface area contributed by atoms with Crippen molar-refractivity contribution < 1.29 is 37.6 Å². The second-order valence-electron chi connectivity index (χ2n) is 10.1. The van der Waals surface area contributed by atoms with Gasteiger partial charge in [0.15, 0.2) is 12.2 Å². The highest BCUT2D eigenvalue weighted by molar-refractivity contribution is 5.88. The van der Waals surface area contributed by atoms with Gasteiger partial charge in [-0.1, -0.05) is 0 Å². The Bertz CT molecular complexity index is 1310. The number of aliphatic hydroxyl groups is 3. The van der Waals surface area contributed by atoms with E-state index in [1.54, 1.807) is 19.9 Å². The molecule has 13 heteroatoms. The van der Waals surface area contributed by atoms with Crippen LogP contribution in [0.15, 0.2) is 16.5 Å². The van der Waals surface area contributed by atoms with Crippen LogP contribution in [-0.2, 0) is 0 Å². The Hall–Kier alpha value is -3.16. The molecule has 3 aromatic rings. The number of nitrogens with zero attached hydrogens (tertiary/aromatic N) is 3. The highest BCUT2D eigenvalue weighted by Gasteiger charge is 2.41. The zero-order chi connectivity index (χ0) is 27.2. The predicted molar refractivity (Wildman–Crippen MR) is 132 cm³/mol. The Morgan fingerprint density at radius 3 is 2.50 bits per heavy atom. The van der Waals surface area contributed by atoms with E-state index in [-0.39, 0.29) is 12.5 Å². The van der Waals surface area contributed by atoms with Crippen LogP contribution in [0, 0.1) is 25.7 Å². The topological polar surface area (TPSA) is 146 Å². The number of aliphatic hydroxyl groups excluding tert-OH is 3. The Morgan fingerprint density at radius 2 is 1.84 bits per heavy atom. The zero-order valence-electron chi connectivity index (χ0n) is 20.9. The van der Waals surface area contributed by atoms with Gasteiger partial charge >= 0.3 is 6.18 Å². The van der Waals surface area contributed by atoms with Crippen molar-refractivity contribution in [2.45, 2.75) is 57.5 Å². The van der Waals surface area contributed by atoms with Crippen LogP contribution >= 0.6 is 0 Å². The first-order valence-electron chi connectivity index (χ1n) is 12.5. The fourth-order valence-corrected chi connectivity index (χ4v) is 4.76. The molecule has 0 aliphatic heterocycles. The fraction of sp³-hybridized carbons (Fsp3) is 0.560. The van der Waals surface area contributed by atoms with Crippen molar-refractivity contribution in [3.63, 3.8) is 0 Å². The zero-order valence-corrected chi connectivity index (χ0v) is 20.9. The van der Waals surface area contributed by atoms with Crippen LogP contribution in [0.4, 0.5) is 24.9 Å². The first kappa shape index (κ1) is 26.4. The number of anilines is 2. The lowest BCUT2D eigenvalue weighted by Gasteiger charge is -2.21. The van der Waals surface area contributed by atoms with Gasteiger partial charge in [0.05, 0.1) is 29.1 Å². The van der Waals surface area contributed by atoms with E-state index in [9.17, 15) is 28.5 Å². The van der Waals surface area contributed by atoms with Gasteiger partial charge in [0, 0.05) is 30.5 Å². The molecule has 3 heterocycles. The van der Waals surface area contributed by atoms with Gasteiger partial charge in [0.1, 0.15) is 17.7 Å². The maximum Gasteiger partial charge on any atom is 0.422 e. The quantitative estimate of drug-likeness (QED) is 0.276. The van der Waals surface area contributed by atoms with Crippen LogP contribution < -0.4 is 15.4 Å². The summed E-state index contributed by atoms with van der Waals surface area (Å²) in [7, 11) is 0. The van der Waals surface area contributed by atoms with Gasteiger partial charge in [-0.2, -0.15) is 18.2 Å². The van der Waals surface area contributed by atoms with Crippen molar-refractivity contribution in [1.29, 1.82) is 0 Å². The summed E-state index contributed by atoms with van der Waals surface area (Å²) < 4.78 is 48.8. The first-order valence-corrected chi connectivity index (χ1v) is 12.5. The standard InChI is InChI=1S/C25H30F3N5O5/c1-11-19(17-6-14-7-18(37-10-25(26,27)28)30-12(2)22(14)38-17)23(33-24(31-11)29-8-13-3-4-13)32-16-5-15(9-34)20(35)21(16)36/h6-7,13,15-16,20-21,34-36H,3-5,8-10H2,1-2H3,(H2,29,31,32,33)/t15-,16-,20-,21+/m1/s1. The molecule has 0 bridgehead atoms. The molecule has 0 unspecified atom stereocenters. The average Bonchev–Trinajstić information content (AvgIpc) is 3.53. The second-order valence-corrected chi connectivity index (χ2v) is 10.1. The Balaban J connectivity index is 1.51. The third kappa shape index (κ3) is 5.64. The molecular formula is C25H30F3N5O5. The van der Waals surface area contributed by atoms with Crippen LogP contribution in [0.25, 0.3) is 22.3 Å². The average molecular weight is 538 g/mol. The largest absolute Gasteiger partial charge is 0.468 e. The molecule has 2 aliphatic carbocycles. The van der Waals surface area contributed by atoms with Gasteiger partial charge in [-0.25, -0.2) is 9.97 Å². The van der Waals surface area contributed by atoms with Gasteiger partial charge in [0.2, 0.25) is 11.8 Å². The van der Waals surface area contributed by atoms with Crippen LogP contribution in [0.5, 0.6) is 5.88 Å². The van der Waals surface area contributed by atoms with Gasteiger partial charge in [-0.05, 0) is 45.1 Å². The van der Waals surface area contributed by atoms with Crippen molar-refractivity contribution in [2.24, 2.45) is 11.8 Å². The smallest absolute Gasteiger partial charge is 0.422 e. The SMILES string of the molecule is Cc1nc(NCC2CC2)nc(N[C@@H]2C[C@H](CO)[C@@H](O)[C@H]2O)c1-c1cc2cc(OCC(F)(F)F)nc(C)c2o1. The molecule has 10 nitrogen and oxygen atoms in total. The number of pyridine rings is 1. The molecule has 4 atom stereocenters. The minimum atomic E-state index is -4.50. The molecule has 5 N–H and O–H groups in total. The Labute approximate surface area is 216 Å². The number of alkyl halides is 3. The number of halogens is 3. The van der Waals surface area contributed by atoms with Crippen LogP contribution in [0.2, 0.25) is 0 Å². The van der Waals surface area contributed by atoms with Crippen LogP contribution in [0.1, 0.15) is 30.7 Å². The molecule has 3 aromatic heterocycles. The molecule has 38 heavy (non-hydrogen) atoms. The molecule has 5 rings (SSSR count). The Morgan fingerprint density at radius 1 is 1.08 bits per heavy atom. The van der Waals surface area contributed by atoms with E-state index < -0.39 is 37.0 Å². The number of rotatable bonds is 9. The summed E-state index contributed by atoms with van der Waals surface area (Å²) in [6.45, 7) is 2.38. The van der Waals surface area contributed by atoms with E-state index in [4.69, 9.17) is 9.15 Å². The predicted octanol–water partition coefficient (Wildman–Crippen LogP) is 3.18. The fourth-order valence-electron chi connectivity index (χ4n) is 4.76. The van der Waals surface area contributed by atoms with E-state index in [1.165, 1.54) is 6.07 Å². The lowest BCUT2D eigenvalue weighted by Crippen LogP contribution is -2.35. The molecule has 2 fully saturated rings. The van der Waals surface area contributed by atoms with Crippen LogP contribution in [-0.4, -0.2) is 74.5 Å². The number of aromatic nitrogens is 3. The number of fused-ring (bicyclic) bond motifs is 1. The van der Waals surface area contributed by atoms with E-state index in [0.717, 1.165) is 19.4 Å². The summed E-state index contributed by atoms with van der Waals surface area (Å²) in [5, 5.41) is 37.4. The molecule has 0 radical (unpaired) electrons. The lowest BCUT2D eigenvalue weighted by molar-refractivity contribution is -0.154. The van der Waals surface area contributed by atoms with Gasteiger partial charge in [0.25, 0.3) is 0 Å². The van der Waals surface area contributed by atoms with Gasteiger partial charge in [-0.15, -0.1) is 0 Å². The highest BCUT2D eigenvalue weighted by Crippen LogP contribution is 2.38. The van der Waals surface area contributed by atoms with E-state index in [0.29, 0.717) is 57.8 Å². The first-order chi connectivity index (χ1) is 18.0. The number of hydrogen-bond acceptors (Lipinski definition) is 10. The lowest BCUT2D eigenvalue weighted by atomic mass is 10.1. The van der Waals surface area contributed by atoms with Gasteiger partial charge < -0.3 is 35.1 Å². The van der Waals surface area contributed by atoms with Crippen molar-refractivity contribution in [2.75, 3.05) is 30.4 Å². The third-order valence-corrected chi connectivity index (χ3v) is 6.97. The summed E-state index contributed by atoms with van der Waals surface area (Å²) in [5.74, 6) is 0.998. The molecular weight excluding hydrogens is 507 g/mol. The molecule has 2 saturated carbocycles. The number of aryl methyl sites for hydroxylation is 2. The summed E-state index contributed by atoms with van der Waals surface area (Å²) in [6, 6.07) is 2.43. The number of hydrogen-bond donors (Lipinski definition) is 5. The molecule has 0 saturated heterocycles. The van der Waals surface area contributed by atoms with E-state index >= 15 is 0 Å². The number of furan rings is 1. The Kier molecular flexibility index (Phi) is 7.09.